The monoisotopic (exact) mass is 490 g/mol. The molecule has 31 heavy (non-hydrogen) atoms. The number of ether oxygens (including phenoxy) is 3. The van der Waals surface area contributed by atoms with Gasteiger partial charge < -0.3 is 14.2 Å². The summed E-state index contributed by atoms with van der Waals surface area (Å²) in [5.41, 5.74) is 1.78. The second kappa shape index (κ2) is 10.7. The largest absolute Gasteiger partial charge is 0.457 e. The van der Waals surface area contributed by atoms with Gasteiger partial charge in [-0.3, -0.25) is 0 Å². The van der Waals surface area contributed by atoms with Gasteiger partial charge in [-0.15, -0.1) is 0 Å². The number of benzene rings is 3. The predicted molar refractivity (Wildman–Crippen MR) is 121 cm³/mol. The Morgan fingerprint density at radius 2 is 1.58 bits per heavy atom. The molecule has 0 aromatic heterocycles. The van der Waals surface area contributed by atoms with Crippen LogP contribution in [0.25, 0.3) is 0 Å². The van der Waals surface area contributed by atoms with Gasteiger partial charge in [-0.05, 0) is 66.1 Å². The lowest BCUT2D eigenvalue weighted by atomic mass is 9.81. The van der Waals surface area contributed by atoms with Gasteiger partial charge in [0.15, 0.2) is 0 Å². The van der Waals surface area contributed by atoms with Gasteiger partial charge in [0, 0.05) is 9.89 Å². The van der Waals surface area contributed by atoms with Gasteiger partial charge in [0.25, 0.3) is 0 Å². The lowest BCUT2D eigenvalue weighted by Crippen LogP contribution is -2.27. The van der Waals surface area contributed by atoms with Crippen molar-refractivity contribution < 1.29 is 23.0 Å². The third kappa shape index (κ3) is 6.77. The Labute approximate surface area is 190 Å². The Morgan fingerprint density at radius 1 is 0.903 bits per heavy atom. The lowest BCUT2D eigenvalue weighted by molar-refractivity contribution is -0.0498. The minimum absolute atomic E-state index is 0.153. The first kappa shape index (κ1) is 23.2. The van der Waals surface area contributed by atoms with Crippen molar-refractivity contribution in [3.05, 3.63) is 88.4 Å². The predicted octanol–water partition coefficient (Wildman–Crippen LogP) is 7.73. The van der Waals surface area contributed by atoms with Crippen LogP contribution in [0.15, 0.2) is 77.3 Å². The summed E-state index contributed by atoms with van der Waals surface area (Å²) < 4.78 is 42.1. The molecular weight excluding hydrogens is 466 g/mol. The van der Waals surface area contributed by atoms with Gasteiger partial charge in [-0.25, -0.2) is 0 Å². The zero-order valence-corrected chi connectivity index (χ0v) is 19.1. The highest BCUT2D eigenvalue weighted by atomic mass is 79.9. The molecule has 1 unspecified atom stereocenters. The Balaban J connectivity index is 1.59. The van der Waals surface area contributed by atoms with Gasteiger partial charge in [0.2, 0.25) is 0 Å². The summed E-state index contributed by atoms with van der Waals surface area (Å²) in [7, 11) is 0. The third-order valence-corrected chi connectivity index (χ3v) is 5.72. The molecule has 3 rings (SSSR count). The highest BCUT2D eigenvalue weighted by molar-refractivity contribution is 9.10. The van der Waals surface area contributed by atoms with Crippen molar-refractivity contribution in [2.75, 3.05) is 6.61 Å². The number of alkyl halides is 2. The van der Waals surface area contributed by atoms with Crippen molar-refractivity contribution in [1.82, 2.24) is 0 Å². The summed E-state index contributed by atoms with van der Waals surface area (Å²) >= 11 is 3.41. The van der Waals surface area contributed by atoms with Crippen LogP contribution in [0.1, 0.15) is 31.4 Å². The number of halogens is 3. The van der Waals surface area contributed by atoms with Crippen LogP contribution >= 0.6 is 15.9 Å². The van der Waals surface area contributed by atoms with E-state index in [2.05, 4.69) is 34.5 Å². The highest BCUT2D eigenvalue weighted by Crippen LogP contribution is 2.30. The molecule has 6 heteroatoms. The zero-order chi connectivity index (χ0) is 22.3. The molecular formula is C25H25BrF2O3. The molecule has 0 aliphatic rings. The minimum Gasteiger partial charge on any atom is -0.457 e. The van der Waals surface area contributed by atoms with E-state index in [1.807, 2.05) is 60.7 Å². The molecule has 0 saturated heterocycles. The molecule has 3 nitrogen and oxygen atoms in total. The Kier molecular flexibility index (Phi) is 8.04. The standard InChI is InChI=1S/C25H25BrF2O3/c1-3-25(2,19-7-11-22(12-8-19)31-24(27)28)17-29-16-18-5-4-6-23(15-18)30-21-13-9-20(26)10-14-21/h4-15,24H,3,16-17H2,1-2H3. The molecule has 0 aliphatic carbocycles. The molecule has 164 valence electrons. The summed E-state index contributed by atoms with van der Waals surface area (Å²) in [5.74, 6) is 1.66. The van der Waals surface area contributed by atoms with Crippen LogP contribution in [0.4, 0.5) is 8.78 Å². The highest BCUT2D eigenvalue weighted by Gasteiger charge is 2.25. The molecule has 0 radical (unpaired) electrons. The van der Waals surface area contributed by atoms with E-state index in [1.165, 1.54) is 0 Å². The second-order valence-corrected chi connectivity index (χ2v) is 8.43. The molecule has 0 bridgehead atoms. The van der Waals surface area contributed by atoms with Crippen LogP contribution in [0.3, 0.4) is 0 Å². The normalized spacial score (nSPS) is 13.1. The summed E-state index contributed by atoms with van der Waals surface area (Å²) in [6, 6.07) is 22.2. The number of hydrogen-bond acceptors (Lipinski definition) is 3. The number of rotatable bonds is 10. The minimum atomic E-state index is -2.82. The van der Waals surface area contributed by atoms with Crippen molar-refractivity contribution in [3.8, 4) is 17.2 Å². The SMILES string of the molecule is CCC(C)(COCc1cccc(Oc2ccc(Br)cc2)c1)c1ccc(OC(F)F)cc1. The summed E-state index contributed by atoms with van der Waals surface area (Å²) in [6.45, 7) is 2.30. The Bertz CT molecular complexity index is 961. The van der Waals surface area contributed by atoms with Crippen LogP contribution in [0, 0.1) is 0 Å². The quantitative estimate of drug-likeness (QED) is 0.291. The van der Waals surface area contributed by atoms with Gasteiger partial charge in [0.05, 0.1) is 13.2 Å². The fourth-order valence-corrected chi connectivity index (χ4v) is 3.42. The first-order valence-electron chi connectivity index (χ1n) is 10.0. The smallest absolute Gasteiger partial charge is 0.387 e. The molecule has 0 spiro atoms. The van der Waals surface area contributed by atoms with Crippen LogP contribution in [-0.2, 0) is 16.8 Å². The zero-order valence-electron chi connectivity index (χ0n) is 17.5. The first-order valence-corrected chi connectivity index (χ1v) is 10.8. The van der Waals surface area contributed by atoms with Crippen molar-refractivity contribution in [3.63, 3.8) is 0 Å². The van der Waals surface area contributed by atoms with Crippen LogP contribution < -0.4 is 9.47 Å². The van der Waals surface area contributed by atoms with Crippen LogP contribution in [0.5, 0.6) is 17.2 Å². The van der Waals surface area contributed by atoms with E-state index < -0.39 is 6.61 Å². The molecule has 0 saturated carbocycles. The summed E-state index contributed by atoms with van der Waals surface area (Å²) in [6.07, 6.45) is 0.842. The average Bonchev–Trinajstić information content (AvgIpc) is 2.75. The molecule has 0 amide bonds. The first-order chi connectivity index (χ1) is 14.9. The van der Waals surface area contributed by atoms with Gasteiger partial charge in [-0.2, -0.15) is 8.78 Å². The third-order valence-electron chi connectivity index (χ3n) is 5.19. The lowest BCUT2D eigenvalue weighted by Gasteiger charge is -2.29. The van der Waals surface area contributed by atoms with E-state index in [9.17, 15) is 8.78 Å². The summed E-state index contributed by atoms with van der Waals surface area (Å²) in [5, 5.41) is 0. The van der Waals surface area contributed by atoms with Gasteiger partial charge in [0.1, 0.15) is 17.2 Å². The van der Waals surface area contributed by atoms with E-state index in [4.69, 9.17) is 9.47 Å². The maximum atomic E-state index is 12.4. The van der Waals surface area contributed by atoms with Crippen LogP contribution in [-0.4, -0.2) is 13.2 Å². The van der Waals surface area contributed by atoms with Gasteiger partial charge in [-0.1, -0.05) is 54.0 Å². The van der Waals surface area contributed by atoms with Crippen molar-refractivity contribution in [2.24, 2.45) is 0 Å². The van der Waals surface area contributed by atoms with E-state index in [-0.39, 0.29) is 11.2 Å². The van der Waals surface area contributed by atoms with E-state index >= 15 is 0 Å². The Morgan fingerprint density at radius 3 is 2.23 bits per heavy atom. The van der Waals surface area contributed by atoms with Crippen LogP contribution in [0.2, 0.25) is 0 Å². The molecule has 0 heterocycles. The Hall–Kier alpha value is -2.44. The van der Waals surface area contributed by atoms with Gasteiger partial charge >= 0.3 is 6.61 Å². The fraction of sp³-hybridized carbons (Fsp3) is 0.280. The summed E-state index contributed by atoms with van der Waals surface area (Å²) in [4.78, 5) is 0. The second-order valence-electron chi connectivity index (χ2n) is 7.51. The van der Waals surface area contributed by atoms with E-state index in [0.29, 0.717) is 13.2 Å². The van der Waals surface area contributed by atoms with E-state index in [0.717, 1.165) is 33.5 Å². The van der Waals surface area contributed by atoms with Crippen molar-refractivity contribution in [1.29, 1.82) is 0 Å². The maximum absolute atomic E-state index is 12.4. The average molecular weight is 491 g/mol. The fourth-order valence-electron chi connectivity index (χ4n) is 3.16. The molecule has 0 aliphatic heterocycles. The van der Waals surface area contributed by atoms with Crippen molar-refractivity contribution in [2.45, 2.75) is 38.9 Å². The molecule has 3 aromatic carbocycles. The number of hydrogen-bond donors (Lipinski definition) is 0. The topological polar surface area (TPSA) is 27.7 Å². The van der Waals surface area contributed by atoms with Crippen molar-refractivity contribution >= 4 is 15.9 Å². The molecule has 0 N–H and O–H groups in total. The molecule has 0 fully saturated rings. The maximum Gasteiger partial charge on any atom is 0.387 e. The molecule has 1 atom stereocenters. The molecule has 3 aromatic rings. The van der Waals surface area contributed by atoms with E-state index in [1.54, 1.807) is 12.1 Å².